The molecule has 2 rings (SSSR count). The molecule has 0 radical (unpaired) electrons. The van der Waals surface area contributed by atoms with Crippen LogP contribution in [0.2, 0.25) is 0 Å². The summed E-state index contributed by atoms with van der Waals surface area (Å²) in [5.74, 6) is 2.00. The second-order valence-corrected chi connectivity index (χ2v) is 11.6. The molecule has 0 aliphatic carbocycles. The summed E-state index contributed by atoms with van der Waals surface area (Å²) in [6, 6.07) is 11.4. The van der Waals surface area contributed by atoms with Gasteiger partial charge in [-0.05, 0) is 69.9 Å². The SMILES string of the molecule is C#Cc1ccccc1C(C(=O)NC(C)CCC)N(CCCCC)C(=O)C(Cc1ccc(O)cc1)NC(=O)OC(C)(C)C. The normalized spacial score (nSPS) is 13.3. The Hall–Kier alpha value is -3.99. The monoisotopic (exact) mass is 577 g/mol. The minimum absolute atomic E-state index is 0.0896. The number of phenols is 1. The summed E-state index contributed by atoms with van der Waals surface area (Å²) in [6.07, 6.45) is 9.34. The first kappa shape index (κ1) is 34.2. The van der Waals surface area contributed by atoms with E-state index in [4.69, 9.17) is 11.2 Å². The molecule has 3 N–H and O–H groups in total. The van der Waals surface area contributed by atoms with Crippen LogP contribution in [0.3, 0.4) is 0 Å². The minimum Gasteiger partial charge on any atom is -0.508 e. The number of aromatic hydroxyl groups is 1. The Morgan fingerprint density at radius 1 is 1.00 bits per heavy atom. The van der Waals surface area contributed by atoms with Gasteiger partial charge >= 0.3 is 6.09 Å². The topological polar surface area (TPSA) is 108 Å². The van der Waals surface area contributed by atoms with E-state index in [2.05, 4.69) is 23.5 Å². The number of carbonyl (C=O) groups is 3. The number of rotatable bonds is 14. The molecule has 3 atom stereocenters. The van der Waals surface area contributed by atoms with Crippen molar-refractivity contribution in [2.24, 2.45) is 0 Å². The zero-order valence-corrected chi connectivity index (χ0v) is 25.9. The average Bonchev–Trinajstić information content (AvgIpc) is 2.92. The summed E-state index contributed by atoms with van der Waals surface area (Å²) in [4.78, 5) is 43.0. The number of carbonyl (C=O) groups excluding carboxylic acids is 3. The quantitative estimate of drug-likeness (QED) is 0.192. The van der Waals surface area contributed by atoms with Crippen molar-refractivity contribution in [2.45, 2.75) is 104 Å². The molecule has 0 aliphatic rings. The highest BCUT2D eigenvalue weighted by Crippen LogP contribution is 2.27. The highest BCUT2D eigenvalue weighted by atomic mass is 16.6. The lowest BCUT2D eigenvalue weighted by molar-refractivity contribution is -0.142. The Balaban J connectivity index is 2.62. The maximum Gasteiger partial charge on any atom is 0.408 e. The summed E-state index contributed by atoms with van der Waals surface area (Å²) in [6.45, 7) is 11.6. The molecule has 0 spiro atoms. The number of phenolic OH excluding ortho intramolecular Hbond substituents is 1. The third-order valence-electron chi connectivity index (χ3n) is 6.73. The average molecular weight is 578 g/mol. The molecule has 2 aromatic rings. The van der Waals surface area contributed by atoms with Crippen LogP contribution in [0.4, 0.5) is 4.79 Å². The van der Waals surface area contributed by atoms with E-state index >= 15 is 0 Å². The molecule has 0 fully saturated rings. The highest BCUT2D eigenvalue weighted by Gasteiger charge is 2.37. The van der Waals surface area contributed by atoms with Gasteiger partial charge in [-0.15, -0.1) is 6.42 Å². The summed E-state index contributed by atoms with van der Waals surface area (Å²) in [7, 11) is 0. The highest BCUT2D eigenvalue weighted by molar-refractivity contribution is 5.92. The molecule has 0 heterocycles. The number of alkyl carbamates (subject to hydrolysis) is 1. The zero-order chi connectivity index (χ0) is 31.3. The molecule has 42 heavy (non-hydrogen) atoms. The summed E-state index contributed by atoms with van der Waals surface area (Å²) in [5, 5.41) is 15.6. The molecule has 228 valence electrons. The third kappa shape index (κ3) is 10.8. The molecule has 0 saturated carbocycles. The first-order valence-corrected chi connectivity index (χ1v) is 14.8. The Morgan fingerprint density at radius 3 is 2.26 bits per heavy atom. The molecule has 0 aliphatic heterocycles. The molecular formula is C34H47N3O5. The third-order valence-corrected chi connectivity index (χ3v) is 6.73. The molecule has 3 unspecified atom stereocenters. The second-order valence-electron chi connectivity index (χ2n) is 11.6. The van der Waals surface area contributed by atoms with Crippen molar-refractivity contribution >= 4 is 17.9 Å². The Morgan fingerprint density at radius 2 is 1.67 bits per heavy atom. The number of benzene rings is 2. The molecule has 8 heteroatoms. The van der Waals surface area contributed by atoms with Crippen LogP contribution in [0.1, 0.15) is 96.4 Å². The number of nitrogens with one attached hydrogen (secondary N) is 2. The zero-order valence-electron chi connectivity index (χ0n) is 25.9. The summed E-state index contributed by atoms with van der Waals surface area (Å²) in [5.41, 5.74) is 1.01. The number of unbranched alkanes of at least 4 members (excludes halogenated alkanes) is 2. The van der Waals surface area contributed by atoms with Crippen molar-refractivity contribution < 1.29 is 24.2 Å². The van der Waals surface area contributed by atoms with Crippen molar-refractivity contribution in [3.8, 4) is 18.1 Å². The predicted molar refractivity (Wildman–Crippen MR) is 166 cm³/mol. The van der Waals surface area contributed by atoms with Gasteiger partial charge in [0.25, 0.3) is 0 Å². The first-order valence-electron chi connectivity index (χ1n) is 14.8. The fraction of sp³-hybridized carbons (Fsp3) is 0.500. The lowest BCUT2D eigenvalue weighted by Gasteiger charge is -2.35. The fourth-order valence-corrected chi connectivity index (χ4v) is 4.76. The van der Waals surface area contributed by atoms with Crippen LogP contribution in [0.15, 0.2) is 48.5 Å². The van der Waals surface area contributed by atoms with Gasteiger partial charge < -0.3 is 25.4 Å². The summed E-state index contributed by atoms with van der Waals surface area (Å²) < 4.78 is 5.50. The van der Waals surface area contributed by atoms with E-state index in [1.54, 1.807) is 62.1 Å². The van der Waals surface area contributed by atoms with Crippen molar-refractivity contribution in [1.82, 2.24) is 15.5 Å². The van der Waals surface area contributed by atoms with Crippen molar-refractivity contribution in [1.29, 1.82) is 0 Å². The predicted octanol–water partition coefficient (Wildman–Crippen LogP) is 5.87. The second kappa shape index (κ2) is 16.5. The number of amides is 3. The van der Waals surface area contributed by atoms with Crippen molar-refractivity contribution in [2.75, 3.05) is 6.54 Å². The number of ether oxygens (including phenoxy) is 1. The molecular weight excluding hydrogens is 530 g/mol. The van der Waals surface area contributed by atoms with Gasteiger partial charge in [0.05, 0.1) is 0 Å². The largest absolute Gasteiger partial charge is 0.508 e. The Labute approximate surface area is 251 Å². The van der Waals surface area contributed by atoms with Crippen molar-refractivity contribution in [3.05, 3.63) is 65.2 Å². The standard InChI is InChI=1S/C34H47N3O5/c1-8-11-14-22-37(30(31(39)35-24(4)15-9-2)28-17-13-12-16-26(28)10-3)32(40)29(36-33(41)42-34(5,6)7)23-25-18-20-27(38)21-19-25/h3,12-13,16-21,24,29-30,38H,8-9,11,14-15,22-23H2,1-2,4-7H3,(H,35,39)(H,36,41). The molecule has 0 bridgehead atoms. The lowest BCUT2D eigenvalue weighted by atomic mass is 9.96. The van der Waals surface area contributed by atoms with E-state index in [1.807, 2.05) is 13.8 Å². The van der Waals surface area contributed by atoms with Crippen LogP contribution in [0.5, 0.6) is 5.75 Å². The van der Waals surface area contributed by atoms with Gasteiger partial charge in [-0.25, -0.2) is 4.79 Å². The van der Waals surface area contributed by atoms with Crippen LogP contribution in [-0.4, -0.2) is 52.1 Å². The molecule has 3 amide bonds. The van der Waals surface area contributed by atoms with Crippen LogP contribution in [-0.2, 0) is 20.7 Å². The molecule has 2 aromatic carbocycles. The minimum atomic E-state index is -1.05. The van der Waals surface area contributed by atoms with E-state index in [1.165, 1.54) is 12.1 Å². The van der Waals surface area contributed by atoms with Crippen LogP contribution >= 0.6 is 0 Å². The van der Waals surface area contributed by atoms with Crippen LogP contribution < -0.4 is 10.6 Å². The van der Waals surface area contributed by atoms with Gasteiger partial charge in [0.15, 0.2) is 0 Å². The van der Waals surface area contributed by atoms with Gasteiger partial charge in [0.2, 0.25) is 11.8 Å². The molecule has 0 aromatic heterocycles. The van der Waals surface area contributed by atoms with E-state index < -0.39 is 29.7 Å². The van der Waals surface area contributed by atoms with E-state index in [0.717, 1.165) is 31.2 Å². The van der Waals surface area contributed by atoms with E-state index in [-0.39, 0.29) is 30.7 Å². The number of nitrogens with zero attached hydrogens (tertiary/aromatic N) is 1. The maximum atomic E-state index is 14.5. The van der Waals surface area contributed by atoms with Crippen LogP contribution in [0.25, 0.3) is 0 Å². The number of hydrogen-bond donors (Lipinski definition) is 3. The molecule has 0 saturated heterocycles. The Kier molecular flexibility index (Phi) is 13.4. The van der Waals surface area contributed by atoms with Crippen LogP contribution in [0, 0.1) is 12.3 Å². The Bertz CT molecular complexity index is 1210. The van der Waals surface area contributed by atoms with Gasteiger partial charge in [-0.2, -0.15) is 0 Å². The van der Waals surface area contributed by atoms with Gasteiger partial charge in [0, 0.05) is 24.6 Å². The fourth-order valence-electron chi connectivity index (χ4n) is 4.76. The van der Waals surface area contributed by atoms with Gasteiger partial charge in [-0.3, -0.25) is 9.59 Å². The number of terminal acetylenes is 1. The smallest absolute Gasteiger partial charge is 0.408 e. The molecule has 8 nitrogen and oxygen atoms in total. The van der Waals surface area contributed by atoms with Crippen molar-refractivity contribution in [3.63, 3.8) is 0 Å². The van der Waals surface area contributed by atoms with Gasteiger partial charge in [0.1, 0.15) is 23.4 Å². The maximum absolute atomic E-state index is 14.5. The summed E-state index contributed by atoms with van der Waals surface area (Å²) >= 11 is 0. The first-order chi connectivity index (χ1) is 19.9. The number of hydrogen-bond acceptors (Lipinski definition) is 5. The lowest BCUT2D eigenvalue weighted by Crippen LogP contribution is -2.54. The van der Waals surface area contributed by atoms with E-state index in [0.29, 0.717) is 17.5 Å². The van der Waals surface area contributed by atoms with E-state index in [9.17, 15) is 19.5 Å². The van der Waals surface area contributed by atoms with Gasteiger partial charge in [-0.1, -0.05) is 69.4 Å².